The Labute approximate surface area is 237 Å². The van der Waals surface area contributed by atoms with Crippen molar-refractivity contribution >= 4 is 11.8 Å². The Morgan fingerprint density at radius 2 is 1.93 bits per heavy atom. The first kappa shape index (κ1) is 29.9. The molecule has 0 unspecified atom stereocenters. The number of hydrogen-bond acceptors (Lipinski definition) is 9. The second-order valence-corrected chi connectivity index (χ2v) is 9.29. The fourth-order valence-corrected chi connectivity index (χ4v) is 4.10. The maximum Gasteiger partial charge on any atom is 0.273 e. The van der Waals surface area contributed by atoms with Gasteiger partial charge in [0.1, 0.15) is 24.7 Å². The minimum absolute atomic E-state index is 0.0269. The zero-order valence-electron chi connectivity index (χ0n) is 23.0. The molecule has 2 N–H and O–H groups in total. The minimum atomic E-state index is -0.589. The summed E-state index contributed by atoms with van der Waals surface area (Å²) in [5, 5.41) is 13.7. The van der Waals surface area contributed by atoms with Crippen LogP contribution in [0.25, 0.3) is 5.69 Å². The number of alkyl halides is 1. The van der Waals surface area contributed by atoms with Gasteiger partial charge < -0.3 is 29.6 Å². The van der Waals surface area contributed by atoms with Crippen LogP contribution in [0.3, 0.4) is 0 Å². The molecule has 0 saturated carbocycles. The third-order valence-electron chi connectivity index (χ3n) is 6.30. The fourth-order valence-electron chi connectivity index (χ4n) is 4.10. The summed E-state index contributed by atoms with van der Waals surface area (Å²) in [7, 11) is 0. The van der Waals surface area contributed by atoms with Crippen LogP contribution in [-0.4, -0.2) is 84.7 Å². The lowest BCUT2D eigenvalue weighted by Crippen LogP contribution is -2.23. The Kier molecular flexibility index (Phi) is 11.4. The number of nitrogens with one attached hydrogen (secondary N) is 2. The third-order valence-corrected chi connectivity index (χ3v) is 6.30. The van der Waals surface area contributed by atoms with Crippen molar-refractivity contribution in [2.45, 2.75) is 26.3 Å². The number of aromatic nitrogens is 4. The number of carbonyl (C=O) groups is 2. The van der Waals surface area contributed by atoms with Gasteiger partial charge in [0.2, 0.25) is 5.88 Å². The summed E-state index contributed by atoms with van der Waals surface area (Å²) in [6.45, 7) is 4.30. The van der Waals surface area contributed by atoms with Gasteiger partial charge in [-0.2, -0.15) is 0 Å². The number of nitrogens with zero attached hydrogens (tertiary/aromatic N) is 4. The first-order valence-electron chi connectivity index (χ1n) is 13.6. The third kappa shape index (κ3) is 8.95. The van der Waals surface area contributed by atoms with E-state index in [1.54, 1.807) is 36.5 Å². The van der Waals surface area contributed by atoms with Gasteiger partial charge in [0, 0.05) is 44.1 Å². The van der Waals surface area contributed by atoms with E-state index in [1.807, 2.05) is 6.92 Å². The maximum atomic E-state index is 12.8. The standard InChI is InChI=1S/C28H35FN6O6/c1-2-30-27(36)22-3-4-24(25(16-22)40-14-13-39-12-8-29)35-18-23(33-34-35)28(37)32-17-21-5-9-31-26(15-21)41-19-20-6-10-38-11-7-20/h3-5,9,15-16,18,20H,2,6-8,10-14,17,19H2,1H3,(H,30,36)(H,32,37). The minimum Gasteiger partial charge on any atom is -0.489 e. The number of pyridine rings is 1. The van der Waals surface area contributed by atoms with Crippen LogP contribution in [0.15, 0.2) is 42.7 Å². The SMILES string of the molecule is CCNC(=O)c1ccc(-n2cc(C(=O)NCc3ccnc(OCC4CCOCC4)c3)nn2)c(OCCOCCF)c1. The van der Waals surface area contributed by atoms with Crippen molar-refractivity contribution in [2.24, 2.45) is 5.92 Å². The van der Waals surface area contributed by atoms with Crippen LogP contribution in [0, 0.1) is 5.92 Å². The van der Waals surface area contributed by atoms with Crippen molar-refractivity contribution in [3.8, 4) is 17.3 Å². The highest BCUT2D eigenvalue weighted by Crippen LogP contribution is 2.24. The lowest BCUT2D eigenvalue weighted by Gasteiger charge is -2.21. The van der Waals surface area contributed by atoms with Crippen molar-refractivity contribution in [3.05, 3.63) is 59.5 Å². The summed E-state index contributed by atoms with van der Waals surface area (Å²) < 4.78 is 35.9. The lowest BCUT2D eigenvalue weighted by atomic mass is 10.0. The van der Waals surface area contributed by atoms with Gasteiger partial charge >= 0.3 is 0 Å². The van der Waals surface area contributed by atoms with Crippen molar-refractivity contribution < 1.29 is 32.9 Å². The number of rotatable bonds is 15. The number of halogens is 1. The summed E-state index contributed by atoms with van der Waals surface area (Å²) in [6.07, 6.45) is 5.05. The van der Waals surface area contributed by atoms with Gasteiger partial charge in [-0.25, -0.2) is 14.1 Å². The number of hydrogen-bond donors (Lipinski definition) is 2. The van der Waals surface area contributed by atoms with Gasteiger partial charge in [-0.3, -0.25) is 9.59 Å². The average molecular weight is 571 g/mol. The quantitative estimate of drug-likeness (QED) is 0.264. The number of amides is 2. The molecule has 12 nitrogen and oxygen atoms in total. The van der Waals surface area contributed by atoms with E-state index in [1.165, 1.54) is 10.9 Å². The molecule has 1 aliphatic heterocycles. The zero-order valence-corrected chi connectivity index (χ0v) is 23.0. The zero-order chi connectivity index (χ0) is 28.9. The number of carbonyl (C=O) groups excluding carboxylic acids is 2. The molecule has 1 fully saturated rings. The molecule has 4 rings (SSSR count). The smallest absolute Gasteiger partial charge is 0.273 e. The largest absolute Gasteiger partial charge is 0.489 e. The molecule has 1 aromatic carbocycles. The molecule has 0 aliphatic carbocycles. The second-order valence-electron chi connectivity index (χ2n) is 9.29. The molecule has 3 heterocycles. The second kappa shape index (κ2) is 15.6. The Hall–Kier alpha value is -4.10. The van der Waals surface area contributed by atoms with Gasteiger partial charge in [-0.05, 0) is 55.5 Å². The Morgan fingerprint density at radius 3 is 2.73 bits per heavy atom. The molecular weight excluding hydrogens is 535 g/mol. The molecule has 1 aliphatic rings. The molecule has 1 saturated heterocycles. The van der Waals surface area contributed by atoms with Gasteiger partial charge in [-0.15, -0.1) is 5.10 Å². The highest BCUT2D eigenvalue weighted by molar-refractivity contribution is 5.95. The van der Waals surface area contributed by atoms with Gasteiger partial charge in [0.05, 0.1) is 26.0 Å². The molecule has 2 aromatic heterocycles. The summed E-state index contributed by atoms with van der Waals surface area (Å²) in [4.78, 5) is 29.4. The Bertz CT molecular complexity index is 1280. The first-order chi connectivity index (χ1) is 20.1. The van der Waals surface area contributed by atoms with E-state index in [4.69, 9.17) is 18.9 Å². The van der Waals surface area contributed by atoms with E-state index in [2.05, 4.69) is 25.9 Å². The van der Waals surface area contributed by atoms with Crippen LogP contribution >= 0.6 is 0 Å². The molecule has 0 bridgehead atoms. The summed E-state index contributed by atoms with van der Waals surface area (Å²) in [5.74, 6) is 0.609. The van der Waals surface area contributed by atoms with Crippen LogP contribution < -0.4 is 20.1 Å². The first-order valence-corrected chi connectivity index (χ1v) is 13.6. The number of benzene rings is 1. The Morgan fingerprint density at radius 1 is 1.07 bits per heavy atom. The normalized spacial score (nSPS) is 13.5. The molecule has 0 spiro atoms. The lowest BCUT2D eigenvalue weighted by molar-refractivity contribution is 0.0490. The van der Waals surface area contributed by atoms with Crippen molar-refractivity contribution in [1.82, 2.24) is 30.6 Å². The summed E-state index contributed by atoms with van der Waals surface area (Å²) in [6, 6.07) is 8.45. The molecule has 3 aromatic rings. The van der Waals surface area contributed by atoms with E-state index in [0.717, 1.165) is 31.6 Å². The van der Waals surface area contributed by atoms with E-state index < -0.39 is 12.6 Å². The fraction of sp³-hybridized carbons (Fsp3) is 0.464. The van der Waals surface area contributed by atoms with Gasteiger partial charge in [0.25, 0.3) is 11.8 Å². The Balaban J connectivity index is 1.38. The maximum absolute atomic E-state index is 12.8. The topological polar surface area (TPSA) is 139 Å². The van der Waals surface area contributed by atoms with Gasteiger partial charge in [0.15, 0.2) is 5.69 Å². The van der Waals surface area contributed by atoms with Crippen LogP contribution in [0.1, 0.15) is 46.2 Å². The molecule has 0 radical (unpaired) electrons. The average Bonchev–Trinajstić information content (AvgIpc) is 3.50. The molecule has 0 atom stereocenters. The predicted molar refractivity (Wildman–Crippen MR) is 146 cm³/mol. The monoisotopic (exact) mass is 570 g/mol. The van der Waals surface area contributed by atoms with Crippen LogP contribution in [0.5, 0.6) is 11.6 Å². The highest BCUT2D eigenvalue weighted by Gasteiger charge is 2.17. The molecule has 13 heteroatoms. The molecule has 2 amide bonds. The van der Waals surface area contributed by atoms with E-state index in [-0.39, 0.29) is 38.0 Å². The molecular formula is C28H35FN6O6. The van der Waals surface area contributed by atoms with Crippen molar-refractivity contribution in [3.63, 3.8) is 0 Å². The van der Waals surface area contributed by atoms with Crippen molar-refractivity contribution in [1.29, 1.82) is 0 Å². The molecule has 41 heavy (non-hydrogen) atoms. The predicted octanol–water partition coefficient (Wildman–Crippen LogP) is 2.51. The number of ether oxygens (including phenoxy) is 4. The van der Waals surface area contributed by atoms with E-state index in [0.29, 0.717) is 41.9 Å². The van der Waals surface area contributed by atoms with Crippen LogP contribution in [0.2, 0.25) is 0 Å². The molecule has 220 valence electrons. The van der Waals surface area contributed by atoms with Crippen molar-refractivity contribution in [2.75, 3.05) is 52.9 Å². The van der Waals surface area contributed by atoms with Gasteiger partial charge in [-0.1, -0.05) is 5.21 Å². The van der Waals surface area contributed by atoms with E-state index >= 15 is 0 Å². The highest BCUT2D eigenvalue weighted by atomic mass is 19.1. The van der Waals surface area contributed by atoms with Crippen LogP contribution in [-0.2, 0) is 16.0 Å². The van der Waals surface area contributed by atoms with Crippen LogP contribution in [0.4, 0.5) is 4.39 Å². The summed E-state index contributed by atoms with van der Waals surface area (Å²) >= 11 is 0. The summed E-state index contributed by atoms with van der Waals surface area (Å²) in [5.41, 5.74) is 1.78. The van der Waals surface area contributed by atoms with E-state index in [9.17, 15) is 14.0 Å².